The van der Waals surface area contributed by atoms with E-state index in [0.29, 0.717) is 11.3 Å². The molecule has 0 aliphatic heterocycles. The van der Waals surface area contributed by atoms with Gasteiger partial charge >= 0.3 is 6.18 Å². The van der Waals surface area contributed by atoms with Crippen molar-refractivity contribution in [3.8, 4) is 5.69 Å². The first-order valence-corrected chi connectivity index (χ1v) is 10.8. The molecule has 1 N–H and O–H groups in total. The number of nitrogens with zero attached hydrogens (tertiary/aromatic N) is 3. The number of hydrazone groups is 1. The second-order valence-corrected chi connectivity index (χ2v) is 8.86. The van der Waals surface area contributed by atoms with Crippen LogP contribution >= 0.6 is 11.6 Å². The number of halogens is 4. The molecule has 0 fully saturated rings. The molecule has 0 saturated heterocycles. The summed E-state index contributed by atoms with van der Waals surface area (Å²) < 4.78 is 65.2. The van der Waals surface area contributed by atoms with Crippen LogP contribution in [0.3, 0.4) is 0 Å². The van der Waals surface area contributed by atoms with Crippen molar-refractivity contribution in [3.05, 3.63) is 75.6 Å². The molecule has 2 aromatic carbocycles. The van der Waals surface area contributed by atoms with Crippen LogP contribution in [-0.4, -0.2) is 24.4 Å². The maximum absolute atomic E-state index is 13.0. The third-order valence-electron chi connectivity index (χ3n) is 4.47. The lowest BCUT2D eigenvalue weighted by atomic mass is 10.2. The summed E-state index contributed by atoms with van der Waals surface area (Å²) in [6.07, 6.45) is -3.35. The predicted octanol–water partition coefficient (Wildman–Crippen LogP) is 4.78. The summed E-state index contributed by atoms with van der Waals surface area (Å²) in [7, 11) is -3.92. The zero-order valence-corrected chi connectivity index (χ0v) is 18.3. The maximum Gasteiger partial charge on any atom is 0.416 e. The Kier molecular flexibility index (Phi) is 6.15. The fraction of sp³-hybridized carbons (Fsp3) is 0.200. The highest BCUT2D eigenvalue weighted by Gasteiger charge is 2.31. The van der Waals surface area contributed by atoms with Gasteiger partial charge in [-0.3, -0.25) is 0 Å². The van der Waals surface area contributed by atoms with E-state index in [-0.39, 0.29) is 21.3 Å². The van der Waals surface area contributed by atoms with E-state index < -0.39 is 21.8 Å². The molecule has 1 aromatic heterocycles. The monoisotopic (exact) mass is 470 g/mol. The summed E-state index contributed by atoms with van der Waals surface area (Å²) in [6.45, 7) is 5.02. The molecule has 0 spiro atoms. The first-order chi connectivity index (χ1) is 14.4. The fourth-order valence-corrected chi connectivity index (χ4v) is 4.29. The van der Waals surface area contributed by atoms with Crippen molar-refractivity contribution < 1.29 is 21.6 Å². The normalized spacial score (nSPS) is 12.5. The Labute approximate surface area is 182 Å². The second kappa shape index (κ2) is 8.35. The van der Waals surface area contributed by atoms with Crippen LogP contribution in [0, 0.1) is 20.8 Å². The van der Waals surface area contributed by atoms with Crippen molar-refractivity contribution in [1.29, 1.82) is 0 Å². The standard InChI is InChI=1S/C20H18ClF3N4O2S/c1-12-7-8-13(2)18(9-12)31(29,30)27-25-11-17-14(3)26-28(19(17)21)16-6-4-5-15(10-16)20(22,23)24/h4-11,27H,1-3H3. The number of aryl methyl sites for hydroxylation is 3. The van der Waals surface area contributed by atoms with Crippen molar-refractivity contribution >= 4 is 27.8 Å². The van der Waals surface area contributed by atoms with Crippen molar-refractivity contribution in [1.82, 2.24) is 14.6 Å². The van der Waals surface area contributed by atoms with Crippen LogP contribution < -0.4 is 4.83 Å². The molecule has 0 bridgehead atoms. The van der Waals surface area contributed by atoms with E-state index in [0.717, 1.165) is 28.6 Å². The van der Waals surface area contributed by atoms with Crippen molar-refractivity contribution in [2.24, 2.45) is 5.10 Å². The number of benzene rings is 2. The summed E-state index contributed by atoms with van der Waals surface area (Å²) in [4.78, 5) is 2.21. The Morgan fingerprint density at radius 1 is 1.13 bits per heavy atom. The number of aromatic nitrogens is 2. The van der Waals surface area contributed by atoms with Crippen LogP contribution in [0.2, 0.25) is 5.15 Å². The molecule has 0 aliphatic rings. The lowest BCUT2D eigenvalue weighted by Gasteiger charge is -2.09. The average Bonchev–Trinajstić information content (AvgIpc) is 2.97. The fourth-order valence-electron chi connectivity index (χ4n) is 2.85. The minimum absolute atomic E-state index is 0.00786. The molecule has 0 radical (unpaired) electrons. The second-order valence-electron chi connectivity index (χ2n) is 6.87. The van der Waals surface area contributed by atoms with Crippen molar-refractivity contribution in [2.75, 3.05) is 0 Å². The molecule has 0 amide bonds. The Balaban J connectivity index is 1.90. The summed E-state index contributed by atoms with van der Waals surface area (Å²) in [6, 6.07) is 9.55. The van der Waals surface area contributed by atoms with Gasteiger partial charge in [0.2, 0.25) is 0 Å². The Bertz CT molecular complexity index is 1270. The van der Waals surface area contributed by atoms with Gasteiger partial charge in [-0.1, -0.05) is 29.8 Å². The number of nitrogens with one attached hydrogen (secondary N) is 1. The van der Waals surface area contributed by atoms with Gasteiger partial charge in [-0.25, -0.2) is 9.51 Å². The van der Waals surface area contributed by atoms with Gasteiger partial charge in [0.15, 0.2) is 0 Å². The van der Waals surface area contributed by atoms with E-state index in [4.69, 9.17) is 11.6 Å². The largest absolute Gasteiger partial charge is 0.416 e. The van der Waals surface area contributed by atoms with Crippen LogP contribution in [0.4, 0.5) is 13.2 Å². The summed E-state index contributed by atoms with van der Waals surface area (Å²) in [5.41, 5.74) is 1.22. The smallest absolute Gasteiger partial charge is 0.221 e. The van der Waals surface area contributed by atoms with Crippen molar-refractivity contribution in [3.63, 3.8) is 0 Å². The number of rotatable bonds is 5. The van der Waals surface area contributed by atoms with Gasteiger partial charge in [0.05, 0.1) is 33.6 Å². The van der Waals surface area contributed by atoms with E-state index in [1.165, 1.54) is 18.2 Å². The van der Waals surface area contributed by atoms with Gasteiger partial charge in [-0.2, -0.15) is 31.8 Å². The lowest BCUT2D eigenvalue weighted by Crippen LogP contribution is -2.19. The first-order valence-electron chi connectivity index (χ1n) is 8.95. The molecule has 11 heteroatoms. The van der Waals surface area contributed by atoms with Crippen LogP contribution in [0.15, 0.2) is 52.5 Å². The lowest BCUT2D eigenvalue weighted by molar-refractivity contribution is -0.137. The number of hydrogen-bond acceptors (Lipinski definition) is 4. The van der Waals surface area contributed by atoms with E-state index in [1.807, 2.05) is 0 Å². The van der Waals surface area contributed by atoms with Crippen LogP contribution in [0.1, 0.15) is 27.9 Å². The Hall–Kier alpha value is -2.85. The topological polar surface area (TPSA) is 76.3 Å². The average molecular weight is 471 g/mol. The van der Waals surface area contributed by atoms with Crippen molar-refractivity contribution in [2.45, 2.75) is 31.8 Å². The van der Waals surface area contributed by atoms with Gasteiger partial charge in [-0.05, 0) is 56.2 Å². The number of alkyl halides is 3. The van der Waals surface area contributed by atoms with E-state index in [9.17, 15) is 21.6 Å². The van der Waals surface area contributed by atoms with E-state index >= 15 is 0 Å². The molecular weight excluding hydrogens is 453 g/mol. The van der Waals surface area contributed by atoms with Gasteiger partial charge in [0, 0.05) is 0 Å². The van der Waals surface area contributed by atoms with Gasteiger partial charge in [-0.15, -0.1) is 0 Å². The van der Waals surface area contributed by atoms with E-state index in [2.05, 4.69) is 15.0 Å². The molecule has 31 heavy (non-hydrogen) atoms. The third kappa shape index (κ3) is 4.91. The summed E-state index contributed by atoms with van der Waals surface area (Å²) >= 11 is 6.29. The molecular formula is C20H18ClF3N4O2S. The minimum atomic E-state index is -4.51. The first kappa shape index (κ1) is 22.8. The zero-order valence-electron chi connectivity index (χ0n) is 16.7. The predicted molar refractivity (Wildman–Crippen MR) is 112 cm³/mol. The summed E-state index contributed by atoms with van der Waals surface area (Å²) in [5.74, 6) is 0. The molecule has 0 atom stereocenters. The molecule has 1 heterocycles. The van der Waals surface area contributed by atoms with Gasteiger partial charge in [0.25, 0.3) is 10.0 Å². The minimum Gasteiger partial charge on any atom is -0.221 e. The Morgan fingerprint density at radius 3 is 2.52 bits per heavy atom. The highest BCUT2D eigenvalue weighted by Crippen LogP contribution is 2.31. The van der Waals surface area contributed by atoms with Gasteiger partial charge in [0.1, 0.15) is 5.15 Å². The van der Waals surface area contributed by atoms with Gasteiger partial charge < -0.3 is 0 Å². The molecule has 6 nitrogen and oxygen atoms in total. The van der Waals surface area contributed by atoms with E-state index in [1.54, 1.807) is 32.9 Å². The maximum atomic E-state index is 13.0. The molecule has 0 unspecified atom stereocenters. The molecule has 3 aromatic rings. The Morgan fingerprint density at radius 2 is 1.84 bits per heavy atom. The van der Waals surface area contributed by atoms with Crippen LogP contribution in [0.5, 0.6) is 0 Å². The zero-order chi connectivity index (χ0) is 23.0. The highest BCUT2D eigenvalue weighted by molar-refractivity contribution is 7.89. The summed E-state index contributed by atoms with van der Waals surface area (Å²) in [5, 5.41) is 7.91. The molecule has 0 saturated carbocycles. The van der Waals surface area contributed by atoms with Crippen LogP contribution in [-0.2, 0) is 16.2 Å². The quantitative estimate of drug-likeness (QED) is 0.430. The molecule has 0 aliphatic carbocycles. The molecule has 3 rings (SSSR count). The molecule has 164 valence electrons. The third-order valence-corrected chi connectivity index (χ3v) is 6.19. The number of hydrogen-bond donors (Lipinski definition) is 1. The number of sulfonamides is 1. The highest BCUT2D eigenvalue weighted by atomic mass is 35.5. The SMILES string of the molecule is Cc1ccc(C)c(S(=O)(=O)NN=Cc2c(C)nn(-c3cccc(C(F)(F)F)c3)c2Cl)c1. The van der Waals surface area contributed by atoms with Crippen LogP contribution in [0.25, 0.3) is 5.69 Å².